The van der Waals surface area contributed by atoms with Crippen molar-refractivity contribution in [1.82, 2.24) is 14.5 Å². The number of benzene rings is 2. The van der Waals surface area contributed by atoms with Crippen molar-refractivity contribution >= 4 is 31.9 Å². The zero-order chi connectivity index (χ0) is 20.1. The fourth-order valence-electron chi connectivity index (χ4n) is 2.98. The van der Waals surface area contributed by atoms with E-state index in [1.54, 1.807) is 12.1 Å². The number of nitrogens with one attached hydrogen (secondary N) is 1. The van der Waals surface area contributed by atoms with Gasteiger partial charge in [-0.15, -0.1) is 0 Å². The average Bonchev–Trinajstić information content (AvgIpc) is 2.69. The van der Waals surface area contributed by atoms with Crippen molar-refractivity contribution in [3.8, 4) is 0 Å². The first-order chi connectivity index (χ1) is 13.4. The number of hydrogen-bond acceptors (Lipinski definition) is 4. The Kier molecular flexibility index (Phi) is 6.82. The normalized spacial score (nSPS) is 16.1. The number of nitrogens with zero attached hydrogens (tertiary/aromatic N) is 2. The number of sulfonamides is 1. The van der Waals surface area contributed by atoms with Gasteiger partial charge in [-0.3, -0.25) is 9.69 Å². The highest BCUT2D eigenvalue weighted by Gasteiger charge is 2.28. The second-order valence-corrected chi connectivity index (χ2v) is 9.32. The lowest BCUT2D eigenvalue weighted by molar-refractivity contribution is 0.0945. The molecule has 3 rings (SSSR count). The molecule has 0 atom stereocenters. The van der Waals surface area contributed by atoms with Crippen molar-refractivity contribution in [2.75, 3.05) is 39.3 Å². The smallest absolute Gasteiger partial charge is 0.251 e. The molecule has 0 radical (unpaired) electrons. The minimum absolute atomic E-state index is 0.101. The predicted molar refractivity (Wildman–Crippen MR) is 108 cm³/mol. The number of rotatable bonds is 6. The van der Waals surface area contributed by atoms with Gasteiger partial charge in [-0.25, -0.2) is 12.8 Å². The van der Waals surface area contributed by atoms with Crippen molar-refractivity contribution < 1.29 is 17.6 Å². The highest BCUT2D eigenvalue weighted by molar-refractivity contribution is 9.10. The maximum Gasteiger partial charge on any atom is 0.251 e. The second kappa shape index (κ2) is 9.13. The summed E-state index contributed by atoms with van der Waals surface area (Å²) >= 11 is 3.33. The fourth-order valence-corrected chi connectivity index (χ4v) is 4.67. The molecular formula is C19H21BrFN3O3S. The van der Waals surface area contributed by atoms with Gasteiger partial charge in [0.15, 0.2) is 0 Å². The molecule has 1 N–H and O–H groups in total. The molecule has 28 heavy (non-hydrogen) atoms. The maximum absolute atomic E-state index is 13.0. The molecule has 0 aromatic heterocycles. The van der Waals surface area contributed by atoms with E-state index in [9.17, 15) is 17.6 Å². The molecule has 1 heterocycles. The monoisotopic (exact) mass is 469 g/mol. The van der Waals surface area contributed by atoms with E-state index in [0.717, 1.165) is 16.6 Å². The van der Waals surface area contributed by atoms with Gasteiger partial charge in [0, 0.05) is 49.3 Å². The van der Waals surface area contributed by atoms with Gasteiger partial charge in [0.1, 0.15) is 5.82 Å². The molecule has 150 valence electrons. The molecule has 9 heteroatoms. The Morgan fingerprint density at radius 3 is 2.21 bits per heavy atom. The number of piperazine rings is 1. The van der Waals surface area contributed by atoms with E-state index in [-0.39, 0.29) is 10.8 Å². The summed E-state index contributed by atoms with van der Waals surface area (Å²) in [5, 5.41) is 2.88. The fraction of sp³-hybridized carbons (Fsp3) is 0.316. The molecule has 1 aliphatic heterocycles. The minimum atomic E-state index is -3.61. The number of carbonyl (C=O) groups excluding carboxylic acids is 1. The molecular weight excluding hydrogens is 449 g/mol. The number of carbonyl (C=O) groups is 1. The molecule has 0 aliphatic carbocycles. The lowest BCUT2D eigenvalue weighted by atomic mass is 10.2. The van der Waals surface area contributed by atoms with E-state index in [4.69, 9.17) is 0 Å². The van der Waals surface area contributed by atoms with Crippen LogP contribution in [0.25, 0.3) is 0 Å². The molecule has 1 saturated heterocycles. The van der Waals surface area contributed by atoms with Crippen molar-refractivity contribution in [2.24, 2.45) is 0 Å². The Morgan fingerprint density at radius 2 is 1.61 bits per heavy atom. The summed E-state index contributed by atoms with van der Waals surface area (Å²) in [5.41, 5.74) is 0.596. The summed E-state index contributed by atoms with van der Waals surface area (Å²) in [5.74, 6) is -0.598. The van der Waals surface area contributed by atoms with E-state index < -0.39 is 15.8 Å². The zero-order valence-corrected chi connectivity index (χ0v) is 17.5. The molecule has 1 aliphatic rings. The largest absolute Gasteiger partial charge is 0.351 e. The molecule has 1 amide bonds. The molecule has 0 bridgehead atoms. The van der Waals surface area contributed by atoms with E-state index in [1.165, 1.54) is 16.4 Å². The van der Waals surface area contributed by atoms with Gasteiger partial charge in [-0.1, -0.05) is 15.9 Å². The Morgan fingerprint density at radius 1 is 1.00 bits per heavy atom. The molecule has 6 nitrogen and oxygen atoms in total. The Bertz CT molecular complexity index is 912. The predicted octanol–water partition coefficient (Wildman–Crippen LogP) is 2.32. The van der Waals surface area contributed by atoms with Crippen LogP contribution in [-0.4, -0.2) is 62.8 Å². The van der Waals surface area contributed by atoms with Crippen molar-refractivity contribution in [3.63, 3.8) is 0 Å². The Hall–Kier alpha value is -1.81. The van der Waals surface area contributed by atoms with Crippen LogP contribution in [0.2, 0.25) is 0 Å². The summed E-state index contributed by atoms with van der Waals surface area (Å²) in [6.07, 6.45) is 0. The first kappa shape index (κ1) is 20.9. The minimum Gasteiger partial charge on any atom is -0.351 e. The SMILES string of the molecule is O=C(NCCN1CCN(S(=O)(=O)c2ccc(F)cc2)CC1)c1ccc(Br)cc1. The summed E-state index contributed by atoms with van der Waals surface area (Å²) in [6.45, 7) is 3.01. The molecule has 2 aromatic carbocycles. The summed E-state index contributed by atoms with van der Waals surface area (Å²) < 4.78 is 40.6. The van der Waals surface area contributed by atoms with Gasteiger partial charge in [0.05, 0.1) is 4.90 Å². The number of hydrogen-bond donors (Lipinski definition) is 1. The highest BCUT2D eigenvalue weighted by Crippen LogP contribution is 2.18. The van der Waals surface area contributed by atoms with Gasteiger partial charge in [-0.2, -0.15) is 4.31 Å². The van der Waals surface area contributed by atoms with Gasteiger partial charge in [-0.05, 0) is 48.5 Å². The molecule has 0 spiro atoms. The standard InChI is InChI=1S/C19H21BrFN3O3S/c20-16-3-1-15(2-4-16)19(25)22-9-10-23-11-13-24(14-12-23)28(26,27)18-7-5-17(21)6-8-18/h1-8H,9-14H2,(H,22,25). The van der Waals surface area contributed by atoms with Gasteiger partial charge in [0.2, 0.25) is 10.0 Å². The molecule has 1 fully saturated rings. The quantitative estimate of drug-likeness (QED) is 0.704. The van der Waals surface area contributed by atoms with Crippen LogP contribution < -0.4 is 5.32 Å². The highest BCUT2D eigenvalue weighted by atomic mass is 79.9. The Labute approximate surface area is 172 Å². The number of amides is 1. The van der Waals surface area contributed by atoms with Crippen LogP contribution in [0.15, 0.2) is 57.9 Å². The summed E-state index contributed by atoms with van der Waals surface area (Å²) in [7, 11) is -3.61. The van der Waals surface area contributed by atoms with Crippen LogP contribution in [0.1, 0.15) is 10.4 Å². The lowest BCUT2D eigenvalue weighted by Gasteiger charge is -2.33. The van der Waals surface area contributed by atoms with Gasteiger partial charge in [0.25, 0.3) is 5.91 Å². The number of halogens is 2. The van der Waals surface area contributed by atoms with E-state index >= 15 is 0 Å². The van der Waals surface area contributed by atoms with Crippen molar-refractivity contribution in [3.05, 3.63) is 64.4 Å². The summed E-state index contributed by atoms with van der Waals surface area (Å²) in [6, 6.07) is 12.0. The van der Waals surface area contributed by atoms with Crippen molar-refractivity contribution in [1.29, 1.82) is 0 Å². The Balaban J connectivity index is 1.45. The van der Waals surface area contributed by atoms with E-state index in [1.807, 2.05) is 12.1 Å². The maximum atomic E-state index is 13.0. The second-order valence-electron chi connectivity index (χ2n) is 6.46. The summed E-state index contributed by atoms with van der Waals surface area (Å²) in [4.78, 5) is 14.3. The first-order valence-corrected chi connectivity index (χ1v) is 11.1. The van der Waals surface area contributed by atoms with Crippen LogP contribution in [0.3, 0.4) is 0 Å². The van der Waals surface area contributed by atoms with Gasteiger partial charge < -0.3 is 5.32 Å². The van der Waals surface area contributed by atoms with Crippen LogP contribution >= 0.6 is 15.9 Å². The van der Waals surface area contributed by atoms with Crippen LogP contribution in [0.4, 0.5) is 4.39 Å². The van der Waals surface area contributed by atoms with Crippen molar-refractivity contribution in [2.45, 2.75) is 4.90 Å². The van der Waals surface area contributed by atoms with Crippen LogP contribution in [0.5, 0.6) is 0 Å². The van der Waals surface area contributed by atoms with Crippen LogP contribution in [-0.2, 0) is 10.0 Å². The molecule has 0 unspecified atom stereocenters. The average molecular weight is 470 g/mol. The van der Waals surface area contributed by atoms with Gasteiger partial charge >= 0.3 is 0 Å². The lowest BCUT2D eigenvalue weighted by Crippen LogP contribution is -2.50. The molecule has 0 saturated carbocycles. The van der Waals surface area contributed by atoms with E-state index in [0.29, 0.717) is 44.8 Å². The molecule has 2 aromatic rings. The third-order valence-electron chi connectivity index (χ3n) is 4.60. The topological polar surface area (TPSA) is 69.7 Å². The van der Waals surface area contributed by atoms with Crippen LogP contribution in [0, 0.1) is 5.82 Å². The zero-order valence-electron chi connectivity index (χ0n) is 15.1. The third kappa shape index (κ3) is 5.16. The first-order valence-electron chi connectivity index (χ1n) is 8.88. The van der Waals surface area contributed by atoms with E-state index in [2.05, 4.69) is 26.1 Å². The third-order valence-corrected chi connectivity index (χ3v) is 7.04.